The summed E-state index contributed by atoms with van der Waals surface area (Å²) in [6.07, 6.45) is 2.95. The van der Waals surface area contributed by atoms with Gasteiger partial charge in [0, 0.05) is 12.5 Å². The molecule has 25 heavy (non-hydrogen) atoms. The van der Waals surface area contributed by atoms with Gasteiger partial charge in [-0.05, 0) is 43.4 Å². The van der Waals surface area contributed by atoms with E-state index in [1.54, 1.807) is 12.1 Å². The Morgan fingerprint density at radius 2 is 2.08 bits per heavy atom. The van der Waals surface area contributed by atoms with Crippen LogP contribution in [-0.4, -0.2) is 34.0 Å². The minimum Gasteiger partial charge on any atom is -0.339 e. The maximum Gasteiger partial charge on any atom is 0.266 e. The van der Waals surface area contributed by atoms with Gasteiger partial charge in [0.1, 0.15) is 5.82 Å². The molecular weight excluding hydrogens is 328 g/mol. The SMILES string of the molecule is O=C(Cc1ccc(F)cc1)N1CCCC(F)(c2nc(C3CC3)no2)C1. The van der Waals surface area contributed by atoms with Crippen molar-refractivity contribution in [3.8, 4) is 0 Å². The number of piperidine rings is 1. The lowest BCUT2D eigenvalue weighted by Crippen LogP contribution is -2.47. The molecule has 7 heteroatoms. The fourth-order valence-electron chi connectivity index (χ4n) is 3.21. The first kappa shape index (κ1) is 16.2. The number of rotatable bonds is 4. The number of aromatic nitrogens is 2. The third kappa shape index (κ3) is 3.41. The zero-order chi connectivity index (χ0) is 17.4. The lowest BCUT2D eigenvalue weighted by atomic mass is 9.94. The summed E-state index contributed by atoms with van der Waals surface area (Å²) < 4.78 is 33.5. The minimum absolute atomic E-state index is 0.0197. The molecule has 1 amide bonds. The van der Waals surface area contributed by atoms with Crippen LogP contribution in [0.2, 0.25) is 0 Å². The van der Waals surface area contributed by atoms with E-state index in [-0.39, 0.29) is 37.0 Å². The Hall–Kier alpha value is -2.31. The number of carbonyl (C=O) groups excluding carboxylic acids is 1. The van der Waals surface area contributed by atoms with Gasteiger partial charge >= 0.3 is 0 Å². The molecule has 1 aliphatic heterocycles. The van der Waals surface area contributed by atoms with E-state index in [2.05, 4.69) is 10.1 Å². The first-order valence-corrected chi connectivity index (χ1v) is 8.59. The Morgan fingerprint density at radius 1 is 1.32 bits per heavy atom. The van der Waals surface area contributed by atoms with Crippen molar-refractivity contribution in [3.05, 3.63) is 47.4 Å². The standard InChI is InChI=1S/C18H19F2N3O2/c19-14-6-2-12(3-7-14)10-15(24)23-9-1-8-18(20,11-23)17-21-16(22-25-17)13-4-5-13/h2-3,6-7,13H,1,4-5,8-11H2. The van der Waals surface area contributed by atoms with E-state index in [1.807, 2.05) is 0 Å². The van der Waals surface area contributed by atoms with Gasteiger partial charge in [0.2, 0.25) is 11.6 Å². The Bertz CT molecular complexity index is 773. The monoisotopic (exact) mass is 347 g/mol. The highest BCUT2D eigenvalue weighted by Gasteiger charge is 2.44. The minimum atomic E-state index is -1.79. The first-order valence-electron chi connectivity index (χ1n) is 8.59. The number of halogens is 2. The van der Waals surface area contributed by atoms with E-state index in [9.17, 15) is 9.18 Å². The molecule has 5 nitrogen and oxygen atoms in total. The van der Waals surface area contributed by atoms with Crippen LogP contribution in [0, 0.1) is 5.82 Å². The van der Waals surface area contributed by atoms with Crippen LogP contribution >= 0.6 is 0 Å². The highest BCUT2D eigenvalue weighted by atomic mass is 19.1. The Labute approximate surface area is 144 Å². The average molecular weight is 347 g/mol. The topological polar surface area (TPSA) is 59.2 Å². The van der Waals surface area contributed by atoms with Crippen molar-refractivity contribution in [2.45, 2.75) is 43.7 Å². The number of alkyl halides is 1. The first-order chi connectivity index (χ1) is 12.0. The number of hydrogen-bond donors (Lipinski definition) is 0. The molecule has 1 unspecified atom stereocenters. The molecule has 0 radical (unpaired) electrons. The normalized spacial score (nSPS) is 23.7. The van der Waals surface area contributed by atoms with Crippen molar-refractivity contribution < 1.29 is 18.1 Å². The van der Waals surface area contributed by atoms with Crippen LogP contribution in [-0.2, 0) is 16.9 Å². The van der Waals surface area contributed by atoms with Crippen molar-refractivity contribution in [1.29, 1.82) is 0 Å². The summed E-state index contributed by atoms with van der Waals surface area (Å²) in [5.41, 5.74) is -1.09. The summed E-state index contributed by atoms with van der Waals surface area (Å²) >= 11 is 0. The molecule has 1 aliphatic carbocycles. The fourth-order valence-corrected chi connectivity index (χ4v) is 3.21. The van der Waals surface area contributed by atoms with Crippen LogP contribution in [0.5, 0.6) is 0 Å². The largest absolute Gasteiger partial charge is 0.339 e. The van der Waals surface area contributed by atoms with Gasteiger partial charge in [0.15, 0.2) is 5.82 Å². The van der Waals surface area contributed by atoms with E-state index in [0.717, 1.165) is 12.8 Å². The molecule has 1 saturated carbocycles. The smallest absolute Gasteiger partial charge is 0.266 e. The van der Waals surface area contributed by atoms with Gasteiger partial charge in [0.25, 0.3) is 5.89 Å². The van der Waals surface area contributed by atoms with Gasteiger partial charge in [-0.2, -0.15) is 4.98 Å². The molecule has 1 saturated heterocycles. The van der Waals surface area contributed by atoms with Crippen LogP contribution in [0.15, 0.2) is 28.8 Å². The molecule has 2 aromatic rings. The van der Waals surface area contributed by atoms with E-state index in [4.69, 9.17) is 4.52 Å². The van der Waals surface area contributed by atoms with Gasteiger partial charge < -0.3 is 9.42 Å². The Balaban J connectivity index is 1.45. The number of carbonyl (C=O) groups is 1. The molecule has 132 valence electrons. The second-order valence-corrected chi connectivity index (χ2v) is 6.92. The molecule has 2 aliphatic rings. The number of likely N-dealkylation sites (tertiary alicyclic amines) is 1. The zero-order valence-electron chi connectivity index (χ0n) is 13.8. The second kappa shape index (κ2) is 6.20. The van der Waals surface area contributed by atoms with Crippen LogP contribution < -0.4 is 0 Å². The third-order valence-corrected chi connectivity index (χ3v) is 4.83. The van der Waals surface area contributed by atoms with Gasteiger partial charge in [-0.1, -0.05) is 17.3 Å². The van der Waals surface area contributed by atoms with E-state index >= 15 is 4.39 Å². The highest BCUT2D eigenvalue weighted by Crippen LogP contribution is 2.40. The average Bonchev–Trinajstić information content (AvgIpc) is 3.33. The van der Waals surface area contributed by atoms with Crippen LogP contribution in [0.3, 0.4) is 0 Å². The predicted octanol–water partition coefficient (Wildman–Crippen LogP) is 3.12. The number of benzene rings is 1. The second-order valence-electron chi connectivity index (χ2n) is 6.92. The van der Waals surface area contributed by atoms with Gasteiger partial charge in [0.05, 0.1) is 13.0 Å². The van der Waals surface area contributed by atoms with Gasteiger partial charge in [-0.3, -0.25) is 4.79 Å². The number of hydrogen-bond acceptors (Lipinski definition) is 4. The lowest BCUT2D eigenvalue weighted by Gasteiger charge is -2.35. The molecule has 0 N–H and O–H groups in total. The fraction of sp³-hybridized carbons (Fsp3) is 0.500. The quantitative estimate of drug-likeness (QED) is 0.853. The van der Waals surface area contributed by atoms with Crippen LogP contribution in [0.1, 0.15) is 48.9 Å². The van der Waals surface area contributed by atoms with Crippen molar-refractivity contribution in [1.82, 2.24) is 15.0 Å². The summed E-state index contributed by atoms with van der Waals surface area (Å²) in [6.45, 7) is 0.411. The van der Waals surface area contributed by atoms with Crippen molar-refractivity contribution in [2.24, 2.45) is 0 Å². The summed E-state index contributed by atoms with van der Waals surface area (Å²) in [7, 11) is 0. The lowest BCUT2D eigenvalue weighted by molar-refractivity contribution is -0.135. The van der Waals surface area contributed by atoms with E-state index in [0.29, 0.717) is 30.3 Å². The van der Waals surface area contributed by atoms with Crippen molar-refractivity contribution in [3.63, 3.8) is 0 Å². The Morgan fingerprint density at radius 3 is 2.80 bits per heavy atom. The molecular formula is C18H19F2N3O2. The van der Waals surface area contributed by atoms with Crippen LogP contribution in [0.25, 0.3) is 0 Å². The molecule has 2 heterocycles. The molecule has 1 aromatic carbocycles. The highest BCUT2D eigenvalue weighted by molar-refractivity contribution is 5.79. The third-order valence-electron chi connectivity index (χ3n) is 4.83. The molecule has 1 aromatic heterocycles. The molecule has 0 bridgehead atoms. The summed E-state index contributed by atoms with van der Waals surface area (Å²) in [6, 6.07) is 5.77. The Kier molecular flexibility index (Phi) is 4.01. The summed E-state index contributed by atoms with van der Waals surface area (Å²) in [5, 5.41) is 3.88. The molecule has 0 spiro atoms. The molecule has 4 rings (SSSR count). The zero-order valence-corrected chi connectivity index (χ0v) is 13.8. The molecule has 2 fully saturated rings. The van der Waals surface area contributed by atoms with Gasteiger partial charge in [-0.15, -0.1) is 0 Å². The molecule has 1 atom stereocenters. The predicted molar refractivity (Wildman–Crippen MR) is 85.0 cm³/mol. The number of nitrogens with zero attached hydrogens (tertiary/aromatic N) is 3. The van der Waals surface area contributed by atoms with Crippen LogP contribution in [0.4, 0.5) is 8.78 Å². The van der Waals surface area contributed by atoms with Gasteiger partial charge in [-0.25, -0.2) is 8.78 Å². The summed E-state index contributed by atoms with van der Waals surface area (Å²) in [4.78, 5) is 18.2. The maximum atomic E-state index is 15.4. The maximum absolute atomic E-state index is 15.4. The van der Waals surface area contributed by atoms with E-state index in [1.165, 1.54) is 17.0 Å². The van der Waals surface area contributed by atoms with Crippen molar-refractivity contribution >= 4 is 5.91 Å². The van der Waals surface area contributed by atoms with E-state index < -0.39 is 5.67 Å². The summed E-state index contributed by atoms with van der Waals surface area (Å²) in [5.74, 6) is 0.312. The number of amides is 1. The van der Waals surface area contributed by atoms with Crippen molar-refractivity contribution in [2.75, 3.05) is 13.1 Å².